The first kappa shape index (κ1) is 53.5. The van der Waals surface area contributed by atoms with Crippen LogP contribution in [-0.4, -0.2) is 33.6 Å². The van der Waals surface area contributed by atoms with Gasteiger partial charge in [-0.1, -0.05) is 192 Å². The van der Waals surface area contributed by atoms with E-state index in [1.807, 2.05) is 36.7 Å². The monoisotopic (exact) mass is 1110 g/mol. The van der Waals surface area contributed by atoms with Gasteiger partial charge in [0.05, 0.1) is 61.6 Å². The van der Waals surface area contributed by atoms with Gasteiger partial charge in [-0.25, -0.2) is 9.97 Å². The molecule has 7 heteroatoms. The van der Waals surface area contributed by atoms with E-state index in [1.165, 1.54) is 43.8 Å². The Kier molecular flexibility index (Phi) is 12.3. The second kappa shape index (κ2) is 19.6. The SMILES string of the molecule is CC(C)(C)c1ccc2c(c1)c1cc(C(C)(C)C)ccc1n2-c1cc(-c2ccc(-c3cc(-c4ccccc4)nc(-c4ccccc4)n3)cc2)cc(-n2c3ccc(C(C)(C)C)cc3c3cc(C(C)(C)C)ccc32)c1-n1c2cccnc2c2ncccc21. The van der Waals surface area contributed by atoms with Crippen LogP contribution in [0.25, 0.3) is 128 Å². The summed E-state index contributed by atoms with van der Waals surface area (Å²) in [7, 11) is 0. The average Bonchev–Trinajstić information content (AvgIpc) is 1.69. The Morgan fingerprint density at radius 1 is 0.282 bits per heavy atom. The van der Waals surface area contributed by atoms with Crippen molar-refractivity contribution in [1.82, 2.24) is 33.6 Å². The molecule has 0 fully saturated rings. The summed E-state index contributed by atoms with van der Waals surface area (Å²) < 4.78 is 7.54. The van der Waals surface area contributed by atoms with Gasteiger partial charge >= 0.3 is 0 Å². The van der Waals surface area contributed by atoms with Gasteiger partial charge in [0.15, 0.2) is 5.82 Å². The molecule has 14 rings (SSSR count). The van der Waals surface area contributed by atoms with E-state index in [-0.39, 0.29) is 21.7 Å². The molecule has 0 amide bonds. The molecule has 6 aromatic heterocycles. The van der Waals surface area contributed by atoms with Gasteiger partial charge in [0.1, 0.15) is 11.0 Å². The summed E-state index contributed by atoms with van der Waals surface area (Å²) in [4.78, 5) is 20.6. The molecular weight excluding hydrogens is 1030 g/mol. The zero-order valence-electron chi connectivity index (χ0n) is 50.8. The lowest BCUT2D eigenvalue weighted by atomic mass is 9.85. The molecule has 0 unspecified atom stereocenters. The quantitative estimate of drug-likeness (QED) is 0.159. The Balaban J connectivity index is 1.13. The number of hydrogen-bond donors (Lipinski definition) is 0. The lowest BCUT2D eigenvalue weighted by Gasteiger charge is -2.24. The van der Waals surface area contributed by atoms with Crippen molar-refractivity contribution < 1.29 is 0 Å². The van der Waals surface area contributed by atoms with Crippen LogP contribution in [0.4, 0.5) is 0 Å². The first-order chi connectivity index (χ1) is 40.7. The third kappa shape index (κ3) is 9.19. The normalized spacial score (nSPS) is 12.7. The number of benzene rings is 8. The summed E-state index contributed by atoms with van der Waals surface area (Å²) in [5, 5.41) is 4.88. The van der Waals surface area contributed by atoms with Gasteiger partial charge in [-0.15, -0.1) is 0 Å². The number of fused-ring (bicyclic) bond motifs is 9. The van der Waals surface area contributed by atoms with Gasteiger partial charge in [-0.3, -0.25) is 9.97 Å². The van der Waals surface area contributed by atoms with Crippen molar-refractivity contribution in [2.24, 2.45) is 0 Å². The molecule has 6 heterocycles. The Bertz CT molecular complexity index is 4530. The van der Waals surface area contributed by atoms with Gasteiger partial charge in [-0.2, -0.15) is 0 Å². The van der Waals surface area contributed by atoms with Crippen molar-refractivity contribution in [3.63, 3.8) is 0 Å². The third-order valence-corrected chi connectivity index (χ3v) is 17.4. The Morgan fingerprint density at radius 2 is 0.635 bits per heavy atom. The minimum atomic E-state index is -0.0775. The van der Waals surface area contributed by atoms with Gasteiger partial charge in [0.2, 0.25) is 0 Å². The first-order valence-corrected chi connectivity index (χ1v) is 29.9. The molecule has 14 aromatic rings. The van der Waals surface area contributed by atoms with Crippen molar-refractivity contribution >= 4 is 65.7 Å². The van der Waals surface area contributed by atoms with E-state index in [4.69, 9.17) is 19.9 Å². The van der Waals surface area contributed by atoms with Crippen LogP contribution in [0.3, 0.4) is 0 Å². The summed E-state index contributed by atoms with van der Waals surface area (Å²) in [5.74, 6) is 0.687. The van der Waals surface area contributed by atoms with Crippen molar-refractivity contribution in [2.75, 3.05) is 0 Å². The van der Waals surface area contributed by atoms with E-state index in [1.54, 1.807) is 0 Å². The number of nitrogens with zero attached hydrogens (tertiary/aromatic N) is 7. The highest BCUT2D eigenvalue weighted by molar-refractivity contribution is 6.13. The highest BCUT2D eigenvalue weighted by Crippen LogP contribution is 2.47. The number of hydrogen-bond acceptors (Lipinski definition) is 4. The van der Waals surface area contributed by atoms with Crippen LogP contribution in [0.15, 0.2) is 213 Å². The Hall–Kier alpha value is -9.46. The lowest BCUT2D eigenvalue weighted by Crippen LogP contribution is -2.12. The summed E-state index contributed by atoms with van der Waals surface area (Å²) in [6.07, 6.45) is 3.78. The number of pyridine rings is 2. The van der Waals surface area contributed by atoms with Crippen LogP contribution in [0.2, 0.25) is 0 Å². The van der Waals surface area contributed by atoms with Crippen LogP contribution in [0, 0.1) is 0 Å². The molecule has 0 aliphatic carbocycles. The topological polar surface area (TPSA) is 66.3 Å². The van der Waals surface area contributed by atoms with Crippen LogP contribution in [0.5, 0.6) is 0 Å². The van der Waals surface area contributed by atoms with Crippen molar-refractivity contribution in [3.05, 3.63) is 235 Å². The van der Waals surface area contributed by atoms with Gasteiger partial charge in [0.25, 0.3) is 0 Å². The smallest absolute Gasteiger partial charge is 0.160 e. The fourth-order valence-electron chi connectivity index (χ4n) is 12.6. The fraction of sp³-hybridized carbons (Fsp3) is 0.205. The number of aromatic nitrogens is 7. The minimum Gasteiger partial charge on any atom is -0.307 e. The summed E-state index contributed by atoms with van der Waals surface area (Å²) in [6.45, 7) is 27.8. The molecule has 8 aromatic carbocycles. The van der Waals surface area contributed by atoms with Crippen LogP contribution < -0.4 is 0 Å². The number of rotatable bonds is 7. The second-order valence-corrected chi connectivity index (χ2v) is 27.3. The minimum absolute atomic E-state index is 0.0775. The molecule has 85 heavy (non-hydrogen) atoms. The summed E-state index contributed by atoms with van der Waals surface area (Å²) in [5.41, 5.74) is 23.0. The zero-order chi connectivity index (χ0) is 58.9. The summed E-state index contributed by atoms with van der Waals surface area (Å²) in [6, 6.07) is 73.8. The molecule has 0 aliphatic rings. The highest BCUT2D eigenvalue weighted by atomic mass is 15.1. The van der Waals surface area contributed by atoms with Crippen LogP contribution >= 0.6 is 0 Å². The molecule has 0 spiro atoms. The van der Waals surface area contributed by atoms with Gasteiger partial charge in [-0.05, 0) is 146 Å². The molecule has 0 saturated carbocycles. The molecule has 0 N–H and O–H groups in total. The second-order valence-electron chi connectivity index (χ2n) is 27.3. The van der Waals surface area contributed by atoms with Gasteiger partial charge < -0.3 is 13.7 Å². The predicted molar refractivity (Wildman–Crippen MR) is 357 cm³/mol. The molecule has 0 bridgehead atoms. The molecule has 7 nitrogen and oxygen atoms in total. The van der Waals surface area contributed by atoms with Crippen molar-refractivity contribution in [2.45, 2.75) is 105 Å². The molecule has 418 valence electrons. The van der Waals surface area contributed by atoms with E-state index in [0.717, 1.165) is 100 Å². The van der Waals surface area contributed by atoms with Crippen LogP contribution in [0.1, 0.15) is 105 Å². The van der Waals surface area contributed by atoms with E-state index in [0.29, 0.717) is 5.82 Å². The largest absolute Gasteiger partial charge is 0.307 e. The predicted octanol–water partition coefficient (Wildman–Crippen LogP) is 20.4. The van der Waals surface area contributed by atoms with Crippen LogP contribution in [-0.2, 0) is 21.7 Å². The van der Waals surface area contributed by atoms with Gasteiger partial charge in [0, 0.05) is 50.6 Å². The molecule has 0 aliphatic heterocycles. The first-order valence-electron chi connectivity index (χ1n) is 29.9. The molecule has 0 atom stereocenters. The zero-order valence-corrected chi connectivity index (χ0v) is 50.8. The van der Waals surface area contributed by atoms with Crippen molar-refractivity contribution in [1.29, 1.82) is 0 Å². The van der Waals surface area contributed by atoms with E-state index in [2.05, 4.69) is 273 Å². The molecule has 0 radical (unpaired) electrons. The van der Waals surface area contributed by atoms with E-state index >= 15 is 0 Å². The highest BCUT2D eigenvalue weighted by Gasteiger charge is 2.30. The van der Waals surface area contributed by atoms with E-state index < -0.39 is 0 Å². The fourth-order valence-corrected chi connectivity index (χ4v) is 12.6. The molecule has 0 saturated heterocycles. The maximum Gasteiger partial charge on any atom is 0.160 e. The average molecular weight is 1110 g/mol. The third-order valence-electron chi connectivity index (χ3n) is 17.4. The van der Waals surface area contributed by atoms with E-state index in [9.17, 15) is 0 Å². The Labute approximate surface area is 498 Å². The Morgan fingerprint density at radius 3 is 1.01 bits per heavy atom. The molecular formula is C78H71N7. The summed E-state index contributed by atoms with van der Waals surface area (Å²) >= 11 is 0. The maximum atomic E-state index is 5.26. The maximum absolute atomic E-state index is 5.26. The lowest BCUT2D eigenvalue weighted by molar-refractivity contribution is 0.590. The standard InChI is InChI=1S/C78H71N7/c1-75(2,3)53-31-35-63-57(43-53)58-44-54(76(4,5)6)32-36-64(58)83(63)69-41-52(48-27-29-50(30-28-48)62-47-61(49-21-15-13-16-22-49)81-74(82-62)51-23-17-14-18-24-51)42-70(73(69)85-67-25-19-39-79-71(67)72-68(85)26-20-40-80-72)84-65-37-33-55(77(7,8)9)45-59(65)60-46-56(78(10,11)12)34-38-66(60)84/h13-47H,1-12H3. The van der Waals surface area contributed by atoms with Crippen molar-refractivity contribution in [3.8, 4) is 62.1 Å².